The van der Waals surface area contributed by atoms with Crippen molar-refractivity contribution in [3.05, 3.63) is 0 Å². The fourth-order valence-corrected chi connectivity index (χ4v) is 1.44. The van der Waals surface area contributed by atoms with Crippen LogP contribution in [0.1, 0.15) is 20.3 Å². The number of amides is 1. The van der Waals surface area contributed by atoms with Gasteiger partial charge in [0.15, 0.2) is 0 Å². The first-order chi connectivity index (χ1) is 4.66. The molecular weight excluding hydrogens is 126 g/mol. The number of rotatable bonds is 2. The number of carbonyl (C=O) groups is 1. The molecule has 2 nitrogen and oxygen atoms in total. The molecule has 0 saturated heterocycles. The van der Waals surface area contributed by atoms with Crippen LogP contribution in [-0.2, 0) is 4.79 Å². The predicted octanol–water partition coefficient (Wildman–Crippen LogP) is 1.02. The van der Waals surface area contributed by atoms with E-state index in [4.69, 9.17) is 0 Å². The summed E-state index contributed by atoms with van der Waals surface area (Å²) in [5.41, 5.74) is 0. The summed E-state index contributed by atoms with van der Waals surface area (Å²) in [6, 6.07) is 0. The average Bonchev–Trinajstić information content (AvgIpc) is 2.64. The number of hydrogen-bond acceptors (Lipinski definition) is 1. The van der Waals surface area contributed by atoms with Crippen LogP contribution in [0.2, 0.25) is 0 Å². The minimum Gasteiger partial charge on any atom is -0.359 e. The van der Waals surface area contributed by atoms with E-state index in [1.807, 2.05) is 0 Å². The Morgan fingerprint density at radius 2 is 2.20 bits per heavy atom. The summed E-state index contributed by atoms with van der Waals surface area (Å²) in [5, 5.41) is 2.67. The maximum absolute atomic E-state index is 11.0. The molecule has 58 valence electrons. The van der Waals surface area contributed by atoms with Crippen molar-refractivity contribution < 1.29 is 4.79 Å². The van der Waals surface area contributed by atoms with Gasteiger partial charge in [-0.05, 0) is 18.3 Å². The zero-order chi connectivity index (χ0) is 7.72. The highest BCUT2D eigenvalue weighted by molar-refractivity contribution is 5.81. The van der Waals surface area contributed by atoms with Crippen LogP contribution < -0.4 is 5.32 Å². The monoisotopic (exact) mass is 141 g/mol. The molecule has 0 spiro atoms. The number of nitrogens with one attached hydrogen (secondary N) is 1. The SMILES string of the molecule is CNC(=O)[C@@H]1CC1C(C)C. The van der Waals surface area contributed by atoms with Gasteiger partial charge in [-0.25, -0.2) is 0 Å². The zero-order valence-corrected chi connectivity index (χ0v) is 6.85. The minimum absolute atomic E-state index is 0.221. The fraction of sp³-hybridized carbons (Fsp3) is 0.875. The van der Waals surface area contributed by atoms with Crippen LogP contribution in [-0.4, -0.2) is 13.0 Å². The van der Waals surface area contributed by atoms with Crippen LogP contribution in [0, 0.1) is 17.8 Å². The van der Waals surface area contributed by atoms with E-state index in [1.54, 1.807) is 7.05 Å². The van der Waals surface area contributed by atoms with Crippen molar-refractivity contribution in [3.8, 4) is 0 Å². The molecule has 0 aromatic heterocycles. The molecule has 0 aromatic rings. The van der Waals surface area contributed by atoms with Crippen LogP contribution in [0.25, 0.3) is 0 Å². The summed E-state index contributed by atoms with van der Waals surface area (Å²) in [6.07, 6.45) is 1.09. The molecule has 1 amide bonds. The molecule has 1 aliphatic carbocycles. The molecule has 0 heterocycles. The third kappa shape index (κ3) is 1.31. The molecule has 0 bridgehead atoms. The summed E-state index contributed by atoms with van der Waals surface area (Å²) < 4.78 is 0. The maximum Gasteiger partial charge on any atom is 0.223 e. The quantitative estimate of drug-likeness (QED) is 0.611. The number of hydrogen-bond donors (Lipinski definition) is 1. The lowest BCUT2D eigenvalue weighted by atomic mass is 10.1. The Hall–Kier alpha value is -0.530. The van der Waals surface area contributed by atoms with E-state index in [1.165, 1.54) is 0 Å². The molecule has 1 rings (SSSR count). The first-order valence-electron chi connectivity index (χ1n) is 3.88. The zero-order valence-electron chi connectivity index (χ0n) is 6.85. The largest absolute Gasteiger partial charge is 0.359 e. The second-order valence-corrected chi connectivity index (χ2v) is 3.36. The first-order valence-corrected chi connectivity index (χ1v) is 3.88. The molecule has 1 saturated carbocycles. The molecule has 0 aliphatic heterocycles. The molecule has 1 N–H and O–H groups in total. The van der Waals surface area contributed by atoms with E-state index in [-0.39, 0.29) is 5.91 Å². The first kappa shape index (κ1) is 7.58. The third-order valence-corrected chi connectivity index (χ3v) is 2.28. The van der Waals surface area contributed by atoms with Gasteiger partial charge in [-0.3, -0.25) is 4.79 Å². The van der Waals surface area contributed by atoms with Gasteiger partial charge < -0.3 is 5.32 Å². The van der Waals surface area contributed by atoms with Crippen molar-refractivity contribution in [2.45, 2.75) is 20.3 Å². The fourth-order valence-electron chi connectivity index (χ4n) is 1.44. The van der Waals surface area contributed by atoms with E-state index in [0.717, 1.165) is 6.42 Å². The molecule has 1 unspecified atom stereocenters. The second-order valence-electron chi connectivity index (χ2n) is 3.36. The van der Waals surface area contributed by atoms with Crippen LogP contribution in [0.3, 0.4) is 0 Å². The Bertz CT molecular complexity index is 142. The summed E-state index contributed by atoms with van der Waals surface area (Å²) in [5.74, 6) is 1.87. The Balaban J connectivity index is 2.31. The smallest absolute Gasteiger partial charge is 0.223 e. The Labute approximate surface area is 62.0 Å². The van der Waals surface area contributed by atoms with E-state index >= 15 is 0 Å². The molecular formula is C8H15NO. The summed E-state index contributed by atoms with van der Waals surface area (Å²) in [4.78, 5) is 11.0. The van der Waals surface area contributed by atoms with Crippen LogP contribution in [0.15, 0.2) is 0 Å². The van der Waals surface area contributed by atoms with E-state index < -0.39 is 0 Å². The summed E-state index contributed by atoms with van der Waals surface area (Å²) >= 11 is 0. The molecule has 1 fully saturated rings. The predicted molar refractivity (Wildman–Crippen MR) is 40.5 cm³/mol. The average molecular weight is 141 g/mol. The lowest BCUT2D eigenvalue weighted by Gasteiger charge is -2.01. The standard InChI is InChI=1S/C8H15NO/c1-5(2)6-4-7(6)8(10)9-3/h5-7H,4H2,1-3H3,(H,9,10)/t6?,7-/m1/s1. The Morgan fingerprint density at radius 3 is 2.50 bits per heavy atom. The van der Waals surface area contributed by atoms with Gasteiger partial charge in [-0.15, -0.1) is 0 Å². The summed E-state index contributed by atoms with van der Waals surface area (Å²) in [6.45, 7) is 4.35. The van der Waals surface area contributed by atoms with Crippen molar-refractivity contribution in [1.29, 1.82) is 0 Å². The van der Waals surface area contributed by atoms with Crippen LogP contribution in [0.4, 0.5) is 0 Å². The van der Waals surface area contributed by atoms with Crippen molar-refractivity contribution in [3.63, 3.8) is 0 Å². The second kappa shape index (κ2) is 2.60. The topological polar surface area (TPSA) is 29.1 Å². The summed E-state index contributed by atoms with van der Waals surface area (Å²) in [7, 11) is 1.71. The lowest BCUT2D eigenvalue weighted by molar-refractivity contribution is -0.122. The maximum atomic E-state index is 11.0. The van der Waals surface area contributed by atoms with Gasteiger partial charge in [0.25, 0.3) is 0 Å². The van der Waals surface area contributed by atoms with Gasteiger partial charge in [-0.2, -0.15) is 0 Å². The van der Waals surface area contributed by atoms with Gasteiger partial charge >= 0.3 is 0 Å². The van der Waals surface area contributed by atoms with Crippen molar-refractivity contribution in [2.75, 3.05) is 7.05 Å². The highest BCUT2D eigenvalue weighted by atomic mass is 16.1. The minimum atomic E-state index is 0.221. The van der Waals surface area contributed by atoms with Gasteiger partial charge in [0.2, 0.25) is 5.91 Å². The van der Waals surface area contributed by atoms with Gasteiger partial charge in [0.05, 0.1) is 0 Å². The van der Waals surface area contributed by atoms with Gasteiger partial charge in [-0.1, -0.05) is 13.8 Å². The van der Waals surface area contributed by atoms with Crippen LogP contribution in [0.5, 0.6) is 0 Å². The molecule has 0 radical (unpaired) electrons. The molecule has 2 heteroatoms. The van der Waals surface area contributed by atoms with Gasteiger partial charge in [0, 0.05) is 13.0 Å². The third-order valence-electron chi connectivity index (χ3n) is 2.28. The lowest BCUT2D eigenvalue weighted by Crippen LogP contribution is -2.21. The molecule has 1 aliphatic rings. The van der Waals surface area contributed by atoms with E-state index in [2.05, 4.69) is 19.2 Å². The molecule has 2 atom stereocenters. The highest BCUT2D eigenvalue weighted by Crippen LogP contribution is 2.43. The number of carbonyl (C=O) groups excluding carboxylic acids is 1. The van der Waals surface area contributed by atoms with Crippen LogP contribution >= 0.6 is 0 Å². The van der Waals surface area contributed by atoms with Crippen molar-refractivity contribution in [2.24, 2.45) is 17.8 Å². The Kier molecular flexibility index (Phi) is 1.97. The normalized spacial score (nSPS) is 30.4. The van der Waals surface area contributed by atoms with Gasteiger partial charge in [0.1, 0.15) is 0 Å². The molecule has 10 heavy (non-hydrogen) atoms. The van der Waals surface area contributed by atoms with Crippen molar-refractivity contribution >= 4 is 5.91 Å². The van der Waals surface area contributed by atoms with Crippen molar-refractivity contribution in [1.82, 2.24) is 5.32 Å². The van der Waals surface area contributed by atoms with E-state index in [0.29, 0.717) is 17.8 Å². The van der Waals surface area contributed by atoms with E-state index in [9.17, 15) is 4.79 Å². The highest BCUT2D eigenvalue weighted by Gasteiger charge is 2.43. The molecule has 0 aromatic carbocycles. The Morgan fingerprint density at radius 1 is 1.60 bits per heavy atom.